The van der Waals surface area contributed by atoms with Crippen LogP contribution in [0.2, 0.25) is 5.02 Å². The van der Waals surface area contributed by atoms with Crippen LogP contribution in [-0.2, 0) is 17.8 Å². The van der Waals surface area contributed by atoms with Crippen molar-refractivity contribution in [2.45, 2.75) is 13.0 Å². The molecule has 0 fully saturated rings. The molecule has 0 atom stereocenters. The molecule has 0 saturated carbocycles. The molecule has 5 heteroatoms. The van der Waals surface area contributed by atoms with E-state index in [1.165, 1.54) is 6.07 Å². The molecule has 106 valence electrons. The summed E-state index contributed by atoms with van der Waals surface area (Å²) in [4.78, 5) is 24.8. The molecule has 0 unspecified atom stereocenters. The molecule has 1 aliphatic heterocycles. The third-order valence-corrected chi connectivity index (χ3v) is 3.73. The van der Waals surface area contributed by atoms with Crippen LogP contribution in [0.5, 0.6) is 0 Å². The van der Waals surface area contributed by atoms with Crippen LogP contribution >= 0.6 is 11.6 Å². The molecule has 3 rings (SSSR count). The van der Waals surface area contributed by atoms with Crippen LogP contribution in [0.1, 0.15) is 21.5 Å². The standard InChI is InChI=1S/C16H12ClNO3/c17-13-5-4-11-7-15(19)18(14(11)8-13)9-10-2-1-3-12(6-10)16(20)21/h1-6,8H,7,9H2,(H,20,21). The van der Waals surface area contributed by atoms with Crippen molar-refractivity contribution >= 4 is 29.2 Å². The summed E-state index contributed by atoms with van der Waals surface area (Å²) in [6, 6.07) is 12.0. The van der Waals surface area contributed by atoms with E-state index < -0.39 is 5.97 Å². The molecular formula is C16H12ClNO3. The summed E-state index contributed by atoms with van der Waals surface area (Å²) < 4.78 is 0. The number of carboxylic acids is 1. The van der Waals surface area contributed by atoms with Gasteiger partial charge in [-0.1, -0.05) is 29.8 Å². The maximum absolute atomic E-state index is 12.1. The van der Waals surface area contributed by atoms with Gasteiger partial charge in [0, 0.05) is 10.7 Å². The second-order valence-electron chi connectivity index (χ2n) is 4.94. The predicted octanol–water partition coefficient (Wildman–Crippen LogP) is 3.13. The van der Waals surface area contributed by atoms with Crippen molar-refractivity contribution in [3.63, 3.8) is 0 Å². The van der Waals surface area contributed by atoms with Crippen molar-refractivity contribution in [1.29, 1.82) is 0 Å². The lowest BCUT2D eigenvalue weighted by atomic mass is 10.1. The average molecular weight is 302 g/mol. The first-order chi connectivity index (χ1) is 10.0. The Morgan fingerprint density at radius 3 is 2.81 bits per heavy atom. The quantitative estimate of drug-likeness (QED) is 0.947. The van der Waals surface area contributed by atoms with Gasteiger partial charge in [-0.15, -0.1) is 0 Å². The maximum atomic E-state index is 12.1. The van der Waals surface area contributed by atoms with Crippen LogP contribution < -0.4 is 4.90 Å². The van der Waals surface area contributed by atoms with Crippen molar-refractivity contribution in [3.05, 3.63) is 64.2 Å². The summed E-state index contributed by atoms with van der Waals surface area (Å²) in [5.41, 5.74) is 2.73. The van der Waals surface area contributed by atoms with Gasteiger partial charge in [-0.2, -0.15) is 0 Å². The summed E-state index contributed by atoms with van der Waals surface area (Å²) in [5, 5.41) is 9.59. The molecule has 0 bridgehead atoms. The summed E-state index contributed by atoms with van der Waals surface area (Å²) in [5.74, 6) is -0.985. The minimum atomic E-state index is -0.979. The molecule has 1 heterocycles. The number of carbonyl (C=O) groups is 2. The van der Waals surface area contributed by atoms with Crippen molar-refractivity contribution in [2.24, 2.45) is 0 Å². The molecule has 0 aromatic heterocycles. The van der Waals surface area contributed by atoms with Crippen LogP contribution in [0.15, 0.2) is 42.5 Å². The fraction of sp³-hybridized carbons (Fsp3) is 0.125. The maximum Gasteiger partial charge on any atom is 0.335 e. The Morgan fingerprint density at radius 2 is 2.05 bits per heavy atom. The van der Waals surface area contributed by atoms with Gasteiger partial charge in [0.05, 0.1) is 18.5 Å². The molecule has 0 radical (unpaired) electrons. The number of carbonyl (C=O) groups excluding carboxylic acids is 1. The van der Waals surface area contributed by atoms with Gasteiger partial charge in [0.2, 0.25) is 5.91 Å². The van der Waals surface area contributed by atoms with Crippen LogP contribution in [0.4, 0.5) is 5.69 Å². The van der Waals surface area contributed by atoms with Gasteiger partial charge in [0.15, 0.2) is 0 Å². The minimum Gasteiger partial charge on any atom is -0.478 e. The summed E-state index contributed by atoms with van der Waals surface area (Å²) in [7, 11) is 0. The highest BCUT2D eigenvalue weighted by atomic mass is 35.5. The Bertz CT molecular complexity index is 742. The molecule has 2 aromatic rings. The third-order valence-electron chi connectivity index (χ3n) is 3.50. The summed E-state index contributed by atoms with van der Waals surface area (Å²) in [6.07, 6.45) is 0.352. The Labute approximate surface area is 126 Å². The monoisotopic (exact) mass is 301 g/mol. The zero-order chi connectivity index (χ0) is 15.0. The van der Waals surface area contributed by atoms with Gasteiger partial charge in [0.25, 0.3) is 0 Å². The van der Waals surface area contributed by atoms with Crippen molar-refractivity contribution in [3.8, 4) is 0 Å². The molecule has 1 amide bonds. The first-order valence-electron chi connectivity index (χ1n) is 6.45. The van der Waals surface area contributed by atoms with Gasteiger partial charge in [-0.05, 0) is 35.4 Å². The number of nitrogens with zero attached hydrogens (tertiary/aromatic N) is 1. The molecule has 2 aromatic carbocycles. The van der Waals surface area contributed by atoms with Gasteiger partial charge < -0.3 is 10.0 Å². The number of amides is 1. The number of aromatic carboxylic acids is 1. The highest BCUT2D eigenvalue weighted by molar-refractivity contribution is 6.31. The number of anilines is 1. The van der Waals surface area contributed by atoms with E-state index in [-0.39, 0.29) is 11.5 Å². The zero-order valence-corrected chi connectivity index (χ0v) is 11.8. The fourth-order valence-electron chi connectivity index (χ4n) is 2.49. The highest BCUT2D eigenvalue weighted by Gasteiger charge is 2.27. The second kappa shape index (κ2) is 5.22. The Morgan fingerprint density at radius 1 is 1.24 bits per heavy atom. The lowest BCUT2D eigenvalue weighted by molar-refractivity contribution is -0.117. The Kier molecular flexibility index (Phi) is 3.39. The minimum absolute atomic E-state index is 0.00649. The number of hydrogen-bond donors (Lipinski definition) is 1. The number of halogens is 1. The molecule has 1 aliphatic rings. The van der Waals surface area contributed by atoms with Crippen LogP contribution in [-0.4, -0.2) is 17.0 Å². The Hall–Kier alpha value is -2.33. The van der Waals surface area contributed by atoms with Gasteiger partial charge in [-0.3, -0.25) is 4.79 Å². The molecule has 4 nitrogen and oxygen atoms in total. The fourth-order valence-corrected chi connectivity index (χ4v) is 2.66. The lowest BCUT2D eigenvalue weighted by Gasteiger charge is -2.18. The third kappa shape index (κ3) is 2.62. The molecule has 0 saturated heterocycles. The molecular weight excluding hydrogens is 290 g/mol. The number of benzene rings is 2. The highest BCUT2D eigenvalue weighted by Crippen LogP contribution is 2.32. The second-order valence-corrected chi connectivity index (χ2v) is 5.37. The van der Waals surface area contributed by atoms with Crippen molar-refractivity contribution < 1.29 is 14.7 Å². The van der Waals surface area contributed by atoms with E-state index in [0.717, 1.165) is 16.8 Å². The number of fused-ring (bicyclic) bond motifs is 1. The molecule has 0 spiro atoms. The average Bonchev–Trinajstić information content (AvgIpc) is 2.75. The summed E-state index contributed by atoms with van der Waals surface area (Å²) >= 11 is 5.99. The van der Waals surface area contributed by atoms with E-state index in [1.54, 1.807) is 29.2 Å². The summed E-state index contributed by atoms with van der Waals surface area (Å²) in [6.45, 7) is 0.341. The molecule has 21 heavy (non-hydrogen) atoms. The first kappa shape index (κ1) is 13.6. The van der Waals surface area contributed by atoms with Crippen LogP contribution in [0.3, 0.4) is 0 Å². The predicted molar refractivity (Wildman–Crippen MR) is 79.7 cm³/mol. The largest absolute Gasteiger partial charge is 0.478 e. The number of carboxylic acid groups (broad SMARTS) is 1. The van der Waals surface area contributed by atoms with Gasteiger partial charge in [0.1, 0.15) is 0 Å². The molecule has 1 N–H and O–H groups in total. The van der Waals surface area contributed by atoms with Gasteiger partial charge >= 0.3 is 5.97 Å². The van der Waals surface area contributed by atoms with Crippen molar-refractivity contribution in [2.75, 3.05) is 4.90 Å². The van der Waals surface area contributed by atoms with E-state index in [0.29, 0.717) is 18.0 Å². The van der Waals surface area contributed by atoms with Crippen molar-refractivity contribution in [1.82, 2.24) is 0 Å². The normalized spacial score (nSPS) is 13.4. The van der Waals surface area contributed by atoms with Gasteiger partial charge in [-0.25, -0.2) is 4.79 Å². The van der Waals surface area contributed by atoms with Crippen LogP contribution in [0, 0.1) is 0 Å². The number of rotatable bonds is 3. The van der Waals surface area contributed by atoms with E-state index in [2.05, 4.69) is 0 Å². The van der Waals surface area contributed by atoms with E-state index >= 15 is 0 Å². The Balaban J connectivity index is 1.92. The molecule has 0 aliphatic carbocycles. The first-order valence-corrected chi connectivity index (χ1v) is 6.83. The zero-order valence-electron chi connectivity index (χ0n) is 11.0. The van der Waals surface area contributed by atoms with E-state index in [4.69, 9.17) is 16.7 Å². The number of hydrogen-bond acceptors (Lipinski definition) is 2. The lowest BCUT2D eigenvalue weighted by Crippen LogP contribution is -2.26. The SMILES string of the molecule is O=C(O)c1cccc(CN2C(=O)Cc3ccc(Cl)cc32)c1. The topological polar surface area (TPSA) is 57.6 Å². The van der Waals surface area contributed by atoms with E-state index in [1.807, 2.05) is 12.1 Å². The van der Waals surface area contributed by atoms with E-state index in [9.17, 15) is 9.59 Å². The smallest absolute Gasteiger partial charge is 0.335 e. The van der Waals surface area contributed by atoms with Crippen LogP contribution in [0.25, 0.3) is 0 Å².